The van der Waals surface area contributed by atoms with Crippen molar-refractivity contribution in [1.82, 2.24) is 14.8 Å². The Morgan fingerprint density at radius 2 is 1.46 bits per heavy atom. The molecule has 35 heavy (non-hydrogen) atoms. The number of para-hydroxylation sites is 3. The van der Waals surface area contributed by atoms with Crippen LogP contribution in [0, 0.1) is 0 Å². The molecule has 5 heteroatoms. The van der Waals surface area contributed by atoms with Crippen LogP contribution in [0.25, 0.3) is 27.8 Å². The summed E-state index contributed by atoms with van der Waals surface area (Å²) >= 11 is 0. The highest BCUT2D eigenvalue weighted by molar-refractivity contribution is 5.89. The standard InChI is InChI=1S/C30H20N4O/c1-2-12-26-22(8-1)20-32-34(26)24-10-7-9-23(19-24)33-27-13-3-4-14-29(27)35-30-16-15-21(18-28(30)33)25-11-5-6-17-31-25/h1-20H. The first-order valence-corrected chi connectivity index (χ1v) is 11.5. The Balaban J connectivity index is 1.41. The lowest BCUT2D eigenvalue weighted by Gasteiger charge is -2.33. The molecule has 1 aliphatic heterocycles. The molecule has 0 unspecified atom stereocenters. The van der Waals surface area contributed by atoms with E-state index >= 15 is 0 Å². The fourth-order valence-corrected chi connectivity index (χ4v) is 4.67. The average molecular weight is 453 g/mol. The van der Waals surface area contributed by atoms with Gasteiger partial charge < -0.3 is 9.64 Å². The number of nitrogens with zero attached hydrogens (tertiary/aromatic N) is 4. The minimum absolute atomic E-state index is 0.804. The van der Waals surface area contributed by atoms with Crippen molar-refractivity contribution in [3.63, 3.8) is 0 Å². The van der Waals surface area contributed by atoms with Crippen LogP contribution in [0.1, 0.15) is 0 Å². The lowest BCUT2D eigenvalue weighted by atomic mass is 10.1. The van der Waals surface area contributed by atoms with Crippen molar-refractivity contribution in [3.05, 3.63) is 122 Å². The van der Waals surface area contributed by atoms with Crippen LogP contribution in [0.4, 0.5) is 17.1 Å². The van der Waals surface area contributed by atoms with E-state index in [0.29, 0.717) is 0 Å². The number of benzene rings is 4. The third-order valence-electron chi connectivity index (χ3n) is 6.30. The summed E-state index contributed by atoms with van der Waals surface area (Å²) < 4.78 is 8.28. The predicted octanol–water partition coefficient (Wildman–Crippen LogP) is 7.66. The molecule has 7 rings (SSSR count). The first-order valence-electron chi connectivity index (χ1n) is 11.5. The van der Waals surface area contributed by atoms with Crippen LogP contribution in [-0.2, 0) is 0 Å². The number of hydrogen-bond acceptors (Lipinski definition) is 4. The molecule has 0 saturated carbocycles. The summed E-state index contributed by atoms with van der Waals surface area (Å²) in [6.45, 7) is 0. The van der Waals surface area contributed by atoms with Gasteiger partial charge in [-0.05, 0) is 66.7 Å². The Bertz CT molecular complexity index is 1690. The van der Waals surface area contributed by atoms with E-state index in [4.69, 9.17) is 4.74 Å². The van der Waals surface area contributed by atoms with E-state index in [-0.39, 0.29) is 0 Å². The molecule has 0 atom stereocenters. The number of ether oxygens (including phenoxy) is 1. The smallest absolute Gasteiger partial charge is 0.151 e. The highest BCUT2D eigenvalue weighted by atomic mass is 16.5. The molecule has 5 nitrogen and oxygen atoms in total. The normalized spacial score (nSPS) is 12.2. The van der Waals surface area contributed by atoms with Crippen LogP contribution >= 0.6 is 0 Å². The van der Waals surface area contributed by atoms with Crippen molar-refractivity contribution < 1.29 is 4.74 Å². The summed E-state index contributed by atoms with van der Waals surface area (Å²) in [5.41, 5.74) is 7.00. The molecule has 2 aromatic heterocycles. The molecule has 0 radical (unpaired) electrons. The Kier molecular flexibility index (Phi) is 4.39. The summed E-state index contributed by atoms with van der Waals surface area (Å²) in [4.78, 5) is 6.79. The SMILES string of the molecule is c1ccc(-c2ccc3c(c2)N(c2cccc(-n4ncc5ccccc54)c2)c2ccccc2O3)nc1. The third kappa shape index (κ3) is 3.25. The molecule has 0 fully saturated rings. The lowest BCUT2D eigenvalue weighted by molar-refractivity contribution is 0.477. The zero-order valence-corrected chi connectivity index (χ0v) is 18.7. The maximum Gasteiger partial charge on any atom is 0.151 e. The Morgan fingerprint density at radius 1 is 0.629 bits per heavy atom. The quantitative estimate of drug-likeness (QED) is 0.276. The molecule has 0 spiro atoms. The minimum atomic E-state index is 0.804. The van der Waals surface area contributed by atoms with Gasteiger partial charge in [0.25, 0.3) is 0 Å². The molecule has 3 heterocycles. The van der Waals surface area contributed by atoms with Crippen molar-refractivity contribution in [1.29, 1.82) is 0 Å². The molecule has 0 N–H and O–H groups in total. The van der Waals surface area contributed by atoms with E-state index in [2.05, 4.69) is 69.6 Å². The zero-order chi connectivity index (χ0) is 23.2. The van der Waals surface area contributed by atoms with Crippen molar-refractivity contribution in [2.24, 2.45) is 0 Å². The summed E-state index contributed by atoms with van der Waals surface area (Å²) in [7, 11) is 0. The van der Waals surface area contributed by atoms with Gasteiger partial charge in [-0.1, -0.05) is 42.5 Å². The monoisotopic (exact) mass is 452 g/mol. The van der Waals surface area contributed by atoms with Crippen molar-refractivity contribution in [2.75, 3.05) is 4.90 Å². The molecular formula is C30H20N4O. The van der Waals surface area contributed by atoms with Crippen LogP contribution < -0.4 is 9.64 Å². The Morgan fingerprint density at radius 3 is 2.40 bits per heavy atom. The Hall–Kier alpha value is -4.90. The van der Waals surface area contributed by atoms with Gasteiger partial charge in [-0.2, -0.15) is 5.10 Å². The van der Waals surface area contributed by atoms with Gasteiger partial charge in [-0.3, -0.25) is 4.98 Å². The van der Waals surface area contributed by atoms with Crippen LogP contribution in [-0.4, -0.2) is 14.8 Å². The van der Waals surface area contributed by atoms with Gasteiger partial charge in [0, 0.05) is 22.8 Å². The van der Waals surface area contributed by atoms with Gasteiger partial charge in [0.05, 0.1) is 34.5 Å². The number of pyridine rings is 1. The van der Waals surface area contributed by atoms with Gasteiger partial charge in [0.15, 0.2) is 11.5 Å². The molecule has 0 bridgehead atoms. The largest absolute Gasteiger partial charge is 0.453 e. The molecule has 1 aliphatic rings. The predicted molar refractivity (Wildman–Crippen MR) is 139 cm³/mol. The maximum atomic E-state index is 6.30. The van der Waals surface area contributed by atoms with Crippen LogP contribution in [0.15, 0.2) is 122 Å². The summed E-state index contributed by atoms with van der Waals surface area (Å²) in [6, 6.07) is 37.0. The van der Waals surface area contributed by atoms with E-state index in [1.165, 1.54) is 0 Å². The molecule has 6 aromatic rings. The van der Waals surface area contributed by atoms with Crippen molar-refractivity contribution in [3.8, 4) is 28.4 Å². The number of aromatic nitrogens is 3. The third-order valence-corrected chi connectivity index (χ3v) is 6.30. The van der Waals surface area contributed by atoms with Crippen LogP contribution in [0.5, 0.6) is 11.5 Å². The highest BCUT2D eigenvalue weighted by Gasteiger charge is 2.26. The summed E-state index contributed by atoms with van der Waals surface area (Å²) in [6.07, 6.45) is 3.72. The molecule has 0 amide bonds. The van der Waals surface area contributed by atoms with Crippen LogP contribution in [0.3, 0.4) is 0 Å². The van der Waals surface area contributed by atoms with Gasteiger partial charge >= 0.3 is 0 Å². The van der Waals surface area contributed by atoms with Gasteiger partial charge in [0.2, 0.25) is 0 Å². The van der Waals surface area contributed by atoms with E-state index in [1.54, 1.807) is 0 Å². The van der Waals surface area contributed by atoms with E-state index in [9.17, 15) is 0 Å². The minimum Gasteiger partial charge on any atom is -0.453 e. The lowest BCUT2D eigenvalue weighted by Crippen LogP contribution is -2.16. The molecule has 166 valence electrons. The molecular weight excluding hydrogens is 432 g/mol. The fourth-order valence-electron chi connectivity index (χ4n) is 4.67. The fraction of sp³-hybridized carbons (Fsp3) is 0. The number of rotatable bonds is 3. The second-order valence-electron chi connectivity index (χ2n) is 8.44. The first-order chi connectivity index (χ1) is 17.3. The summed E-state index contributed by atoms with van der Waals surface area (Å²) in [5, 5.41) is 5.77. The van der Waals surface area contributed by atoms with Crippen molar-refractivity contribution >= 4 is 28.0 Å². The van der Waals surface area contributed by atoms with Gasteiger partial charge in [0.1, 0.15) is 0 Å². The maximum absolute atomic E-state index is 6.30. The van der Waals surface area contributed by atoms with E-state index in [0.717, 1.165) is 56.4 Å². The number of fused-ring (bicyclic) bond motifs is 3. The number of anilines is 3. The molecule has 0 saturated heterocycles. The van der Waals surface area contributed by atoms with Crippen molar-refractivity contribution in [2.45, 2.75) is 0 Å². The van der Waals surface area contributed by atoms with Gasteiger partial charge in [-0.15, -0.1) is 0 Å². The topological polar surface area (TPSA) is 43.2 Å². The second kappa shape index (κ2) is 7.85. The molecule has 0 aliphatic carbocycles. The van der Waals surface area contributed by atoms with Gasteiger partial charge in [-0.25, -0.2) is 4.68 Å². The average Bonchev–Trinajstić information content (AvgIpc) is 3.36. The molecule has 4 aromatic carbocycles. The van der Waals surface area contributed by atoms with E-state index < -0.39 is 0 Å². The van der Waals surface area contributed by atoms with Crippen LogP contribution in [0.2, 0.25) is 0 Å². The number of hydrogen-bond donors (Lipinski definition) is 0. The van der Waals surface area contributed by atoms with E-state index in [1.807, 2.05) is 71.7 Å². The highest BCUT2D eigenvalue weighted by Crippen LogP contribution is 2.51. The Labute approximate surface area is 202 Å². The zero-order valence-electron chi connectivity index (χ0n) is 18.7. The second-order valence-corrected chi connectivity index (χ2v) is 8.44. The summed E-state index contributed by atoms with van der Waals surface area (Å²) in [5.74, 6) is 1.62. The first kappa shape index (κ1) is 19.6.